The van der Waals surface area contributed by atoms with Crippen LogP contribution in [-0.4, -0.2) is 88.4 Å². The van der Waals surface area contributed by atoms with Crippen molar-refractivity contribution in [2.24, 2.45) is 0 Å². The van der Waals surface area contributed by atoms with Crippen LogP contribution in [0, 0.1) is 0 Å². The fraction of sp³-hybridized carbons (Fsp3) is 0.667. The fourth-order valence-electron chi connectivity index (χ4n) is 1.67. The molecule has 8 N–H and O–H groups in total. The Hall–Kier alpha value is -1.24. The van der Waals surface area contributed by atoms with E-state index in [1.54, 1.807) is 0 Å². The highest BCUT2D eigenvalue weighted by Gasteiger charge is 2.30. The van der Waals surface area contributed by atoms with Crippen molar-refractivity contribution >= 4 is 0 Å². The lowest BCUT2D eigenvalue weighted by molar-refractivity contribution is -0.0826. The molecule has 10 nitrogen and oxygen atoms in total. The molecule has 0 amide bonds. The van der Waals surface area contributed by atoms with E-state index in [0.717, 1.165) is 12.4 Å². The van der Waals surface area contributed by atoms with Gasteiger partial charge in [0.25, 0.3) is 0 Å². The molecule has 1 aromatic heterocycles. The average Bonchev–Trinajstić information content (AvgIpc) is 2.57. The van der Waals surface area contributed by atoms with Crippen LogP contribution in [0.5, 0.6) is 0 Å². The van der Waals surface area contributed by atoms with Crippen LogP contribution in [0.25, 0.3) is 0 Å². The number of aliphatic hydroxyl groups excluding tert-OH is 8. The van der Waals surface area contributed by atoms with Gasteiger partial charge in [0.15, 0.2) is 0 Å². The lowest BCUT2D eigenvalue weighted by Crippen LogP contribution is -2.36. The van der Waals surface area contributed by atoms with Crippen LogP contribution in [0.2, 0.25) is 0 Å². The standard InChI is InChI=1S/C12H20N2O8/c15-3-7(17)11(21)9(19)5-1-13-2-6(14-5)10(20)12(22)8(18)4-16/h1-2,7-12,15-22H,3-4H2/t7-,8-,9-,10-,11+,12+/m1/s1. The second-order valence-electron chi connectivity index (χ2n) is 4.74. The van der Waals surface area contributed by atoms with E-state index in [0.29, 0.717) is 0 Å². The number of aromatic nitrogens is 2. The molecular formula is C12H20N2O8. The van der Waals surface area contributed by atoms with Crippen LogP contribution in [-0.2, 0) is 0 Å². The van der Waals surface area contributed by atoms with Crippen LogP contribution in [0.4, 0.5) is 0 Å². The summed E-state index contributed by atoms with van der Waals surface area (Å²) in [5.41, 5.74) is -0.440. The summed E-state index contributed by atoms with van der Waals surface area (Å²) in [6, 6.07) is 0. The molecule has 1 aromatic rings. The summed E-state index contributed by atoms with van der Waals surface area (Å²) in [5, 5.41) is 74.8. The van der Waals surface area contributed by atoms with Crippen molar-refractivity contribution in [3.05, 3.63) is 23.8 Å². The van der Waals surface area contributed by atoms with Crippen LogP contribution >= 0.6 is 0 Å². The zero-order valence-corrected chi connectivity index (χ0v) is 11.5. The number of hydrogen-bond donors (Lipinski definition) is 8. The first kappa shape index (κ1) is 18.8. The van der Waals surface area contributed by atoms with E-state index >= 15 is 0 Å². The van der Waals surface area contributed by atoms with Crippen molar-refractivity contribution in [2.45, 2.75) is 36.6 Å². The summed E-state index contributed by atoms with van der Waals surface area (Å²) in [6.45, 7) is -1.56. The van der Waals surface area contributed by atoms with E-state index in [4.69, 9.17) is 10.2 Å². The lowest BCUT2D eigenvalue weighted by Gasteiger charge is -2.23. The Morgan fingerprint density at radius 1 is 0.727 bits per heavy atom. The Balaban J connectivity index is 2.94. The summed E-state index contributed by atoms with van der Waals surface area (Å²) in [7, 11) is 0. The van der Waals surface area contributed by atoms with Gasteiger partial charge in [-0.1, -0.05) is 0 Å². The Morgan fingerprint density at radius 2 is 1.09 bits per heavy atom. The summed E-state index contributed by atoms with van der Waals surface area (Å²) >= 11 is 0. The number of hydrogen-bond acceptors (Lipinski definition) is 10. The minimum atomic E-state index is -1.74. The lowest BCUT2D eigenvalue weighted by atomic mass is 10.0. The maximum Gasteiger partial charge on any atom is 0.126 e. The summed E-state index contributed by atoms with van der Waals surface area (Å²) in [4.78, 5) is 7.45. The van der Waals surface area contributed by atoms with E-state index in [2.05, 4.69) is 9.97 Å². The molecule has 0 aliphatic heterocycles. The normalized spacial score (nSPS) is 20.0. The predicted octanol–water partition coefficient (Wildman–Crippen LogP) is -4.03. The van der Waals surface area contributed by atoms with E-state index in [1.165, 1.54) is 0 Å². The van der Waals surface area contributed by atoms with Crippen molar-refractivity contribution < 1.29 is 40.9 Å². The van der Waals surface area contributed by atoms with Gasteiger partial charge in [-0.05, 0) is 0 Å². The molecule has 0 aliphatic rings. The van der Waals surface area contributed by atoms with Crippen LogP contribution < -0.4 is 0 Å². The monoisotopic (exact) mass is 320 g/mol. The fourth-order valence-corrected chi connectivity index (χ4v) is 1.67. The molecule has 0 aliphatic carbocycles. The summed E-state index contributed by atoms with van der Waals surface area (Å²) in [5.74, 6) is 0. The van der Waals surface area contributed by atoms with E-state index in [-0.39, 0.29) is 11.4 Å². The van der Waals surface area contributed by atoms with Gasteiger partial charge in [-0.15, -0.1) is 0 Å². The third-order valence-corrected chi connectivity index (χ3v) is 3.09. The Bertz CT molecular complexity index is 425. The zero-order chi connectivity index (χ0) is 16.9. The van der Waals surface area contributed by atoms with Crippen LogP contribution in [0.15, 0.2) is 12.4 Å². The van der Waals surface area contributed by atoms with Gasteiger partial charge in [-0.2, -0.15) is 0 Å². The largest absolute Gasteiger partial charge is 0.394 e. The maximum atomic E-state index is 9.83. The highest BCUT2D eigenvalue weighted by atomic mass is 16.4. The van der Waals surface area contributed by atoms with Gasteiger partial charge in [0, 0.05) is 0 Å². The average molecular weight is 320 g/mol. The second kappa shape index (κ2) is 8.41. The number of nitrogens with zero attached hydrogens (tertiary/aromatic N) is 2. The maximum absolute atomic E-state index is 9.83. The number of rotatable bonds is 8. The van der Waals surface area contributed by atoms with Gasteiger partial charge in [0.1, 0.15) is 36.6 Å². The molecule has 10 heteroatoms. The van der Waals surface area contributed by atoms with Gasteiger partial charge in [0.05, 0.1) is 37.0 Å². The highest BCUT2D eigenvalue weighted by Crippen LogP contribution is 2.21. The third kappa shape index (κ3) is 4.38. The minimum Gasteiger partial charge on any atom is -0.394 e. The smallest absolute Gasteiger partial charge is 0.126 e. The van der Waals surface area contributed by atoms with Crippen LogP contribution in [0.1, 0.15) is 23.6 Å². The first-order valence-corrected chi connectivity index (χ1v) is 6.45. The molecule has 0 fully saturated rings. The topological polar surface area (TPSA) is 188 Å². The van der Waals surface area contributed by atoms with Gasteiger partial charge >= 0.3 is 0 Å². The van der Waals surface area contributed by atoms with Gasteiger partial charge in [-0.3, -0.25) is 4.98 Å². The minimum absolute atomic E-state index is 0.220. The highest BCUT2D eigenvalue weighted by molar-refractivity contribution is 5.11. The molecule has 126 valence electrons. The molecule has 0 bridgehead atoms. The molecule has 1 heterocycles. The molecule has 0 unspecified atom stereocenters. The van der Waals surface area contributed by atoms with Gasteiger partial charge in [-0.25, -0.2) is 4.98 Å². The van der Waals surface area contributed by atoms with Crippen molar-refractivity contribution in [3.63, 3.8) is 0 Å². The SMILES string of the molecule is OC[C@@H](O)[C@H](O)[C@H](O)c1cncc([C@@H](O)[C@@H](O)[C@H](O)CO)n1. The van der Waals surface area contributed by atoms with Crippen molar-refractivity contribution in [3.8, 4) is 0 Å². The summed E-state index contributed by atoms with van der Waals surface area (Å²) < 4.78 is 0. The van der Waals surface area contributed by atoms with E-state index in [9.17, 15) is 30.6 Å². The zero-order valence-electron chi connectivity index (χ0n) is 11.5. The van der Waals surface area contributed by atoms with Crippen LogP contribution in [0.3, 0.4) is 0 Å². The van der Waals surface area contributed by atoms with E-state index < -0.39 is 49.8 Å². The molecule has 0 radical (unpaired) electrons. The third-order valence-electron chi connectivity index (χ3n) is 3.09. The molecular weight excluding hydrogens is 300 g/mol. The second-order valence-corrected chi connectivity index (χ2v) is 4.74. The van der Waals surface area contributed by atoms with Crippen molar-refractivity contribution in [1.29, 1.82) is 0 Å². The number of aliphatic hydroxyl groups is 8. The van der Waals surface area contributed by atoms with E-state index in [1.807, 2.05) is 0 Å². The molecule has 0 aromatic carbocycles. The summed E-state index contributed by atoms with van der Waals surface area (Å²) in [6.07, 6.45) is -7.95. The first-order chi connectivity index (χ1) is 10.3. The molecule has 0 saturated carbocycles. The van der Waals surface area contributed by atoms with Crippen molar-refractivity contribution in [1.82, 2.24) is 9.97 Å². The Kier molecular flexibility index (Phi) is 7.19. The predicted molar refractivity (Wildman–Crippen MR) is 70.2 cm³/mol. The van der Waals surface area contributed by atoms with Gasteiger partial charge in [0.2, 0.25) is 0 Å². The quantitative estimate of drug-likeness (QED) is 0.234. The van der Waals surface area contributed by atoms with Crippen molar-refractivity contribution in [2.75, 3.05) is 13.2 Å². The molecule has 6 atom stereocenters. The molecule has 1 rings (SSSR count). The first-order valence-electron chi connectivity index (χ1n) is 6.45. The molecule has 0 spiro atoms. The molecule has 22 heavy (non-hydrogen) atoms. The molecule has 0 saturated heterocycles. The van der Waals surface area contributed by atoms with Gasteiger partial charge < -0.3 is 40.9 Å². The Labute approximate surface area is 125 Å². The Morgan fingerprint density at radius 3 is 1.41 bits per heavy atom.